The first-order valence-corrected chi connectivity index (χ1v) is 9.48. The maximum atomic E-state index is 12.5. The highest BCUT2D eigenvalue weighted by Gasteiger charge is 2.23. The highest BCUT2D eigenvalue weighted by Crippen LogP contribution is 2.25. The highest BCUT2D eigenvalue weighted by atomic mass is 16.5. The van der Waals surface area contributed by atoms with Crippen LogP contribution in [0.2, 0.25) is 0 Å². The second kappa shape index (κ2) is 9.25. The molecule has 150 valence electrons. The molecule has 0 bridgehead atoms. The number of carbonyl (C=O) groups excluding carboxylic acids is 1. The number of carbonyl (C=O) groups is 1. The average Bonchev–Trinajstić information content (AvgIpc) is 2.72. The SMILES string of the molecule is CCNc1cc(C)nc(N2CCN(C(=O)COc3ccccc3OC)CC2)n1. The summed E-state index contributed by atoms with van der Waals surface area (Å²) in [4.78, 5) is 25.5. The molecular weight excluding hydrogens is 358 g/mol. The number of piperazine rings is 1. The Hall–Kier alpha value is -3.03. The Labute approximate surface area is 165 Å². The number of para-hydroxylation sites is 2. The summed E-state index contributed by atoms with van der Waals surface area (Å²) in [7, 11) is 1.58. The van der Waals surface area contributed by atoms with Crippen LogP contribution in [0.4, 0.5) is 11.8 Å². The van der Waals surface area contributed by atoms with E-state index in [4.69, 9.17) is 9.47 Å². The van der Waals surface area contributed by atoms with Crippen LogP contribution < -0.4 is 19.7 Å². The van der Waals surface area contributed by atoms with E-state index in [1.165, 1.54) is 0 Å². The molecule has 0 atom stereocenters. The summed E-state index contributed by atoms with van der Waals surface area (Å²) in [5.41, 5.74) is 0.921. The zero-order chi connectivity index (χ0) is 19.9. The molecule has 0 unspecified atom stereocenters. The van der Waals surface area contributed by atoms with Crippen molar-refractivity contribution < 1.29 is 14.3 Å². The van der Waals surface area contributed by atoms with E-state index < -0.39 is 0 Å². The molecule has 8 nitrogen and oxygen atoms in total. The predicted octanol–water partition coefficient (Wildman–Crippen LogP) is 1.95. The molecule has 1 aliphatic rings. The Bertz CT molecular complexity index is 806. The maximum Gasteiger partial charge on any atom is 0.260 e. The lowest BCUT2D eigenvalue weighted by molar-refractivity contribution is -0.133. The topological polar surface area (TPSA) is 79.8 Å². The lowest BCUT2D eigenvalue weighted by Gasteiger charge is -2.34. The number of anilines is 2. The predicted molar refractivity (Wildman–Crippen MR) is 108 cm³/mol. The third kappa shape index (κ3) is 4.82. The summed E-state index contributed by atoms with van der Waals surface area (Å²) in [5, 5.41) is 3.23. The molecule has 1 N–H and O–H groups in total. The zero-order valence-corrected chi connectivity index (χ0v) is 16.6. The highest BCUT2D eigenvalue weighted by molar-refractivity contribution is 5.78. The van der Waals surface area contributed by atoms with Gasteiger partial charge in [0.05, 0.1) is 7.11 Å². The van der Waals surface area contributed by atoms with E-state index in [0.717, 1.165) is 18.1 Å². The molecule has 2 heterocycles. The van der Waals surface area contributed by atoms with Crippen LogP contribution in [0, 0.1) is 6.92 Å². The Morgan fingerprint density at radius 2 is 1.86 bits per heavy atom. The van der Waals surface area contributed by atoms with Crippen molar-refractivity contribution in [1.29, 1.82) is 0 Å². The summed E-state index contributed by atoms with van der Waals surface area (Å²) in [6.45, 7) is 7.40. The van der Waals surface area contributed by atoms with Gasteiger partial charge in [-0.05, 0) is 26.0 Å². The summed E-state index contributed by atoms with van der Waals surface area (Å²) in [5.74, 6) is 2.68. The summed E-state index contributed by atoms with van der Waals surface area (Å²) >= 11 is 0. The van der Waals surface area contributed by atoms with Gasteiger partial charge in [0.1, 0.15) is 5.82 Å². The van der Waals surface area contributed by atoms with E-state index in [1.807, 2.05) is 43.0 Å². The number of amides is 1. The summed E-state index contributed by atoms with van der Waals surface area (Å²) in [6.07, 6.45) is 0. The lowest BCUT2D eigenvalue weighted by Crippen LogP contribution is -2.50. The number of aromatic nitrogens is 2. The van der Waals surface area contributed by atoms with Crippen molar-refractivity contribution in [2.24, 2.45) is 0 Å². The minimum absolute atomic E-state index is 0.00805. The number of rotatable bonds is 7. The van der Waals surface area contributed by atoms with Crippen LogP contribution in [0.15, 0.2) is 30.3 Å². The fourth-order valence-corrected chi connectivity index (χ4v) is 3.09. The third-order valence-corrected chi connectivity index (χ3v) is 4.54. The number of nitrogens with zero attached hydrogens (tertiary/aromatic N) is 4. The quantitative estimate of drug-likeness (QED) is 0.780. The van der Waals surface area contributed by atoms with Crippen LogP contribution in [0.25, 0.3) is 0 Å². The third-order valence-electron chi connectivity index (χ3n) is 4.54. The molecule has 1 aromatic heterocycles. The molecule has 1 aliphatic heterocycles. The minimum atomic E-state index is -0.0379. The molecule has 0 radical (unpaired) electrons. The number of methoxy groups -OCH3 is 1. The van der Waals surface area contributed by atoms with Gasteiger partial charge in [0.15, 0.2) is 18.1 Å². The van der Waals surface area contributed by atoms with E-state index >= 15 is 0 Å². The van der Waals surface area contributed by atoms with Gasteiger partial charge < -0.3 is 24.6 Å². The van der Waals surface area contributed by atoms with E-state index in [1.54, 1.807) is 13.2 Å². The van der Waals surface area contributed by atoms with Crippen LogP contribution in [0.3, 0.4) is 0 Å². The summed E-state index contributed by atoms with van der Waals surface area (Å²) < 4.78 is 10.9. The molecule has 8 heteroatoms. The second-order valence-electron chi connectivity index (χ2n) is 6.53. The van der Waals surface area contributed by atoms with Crippen molar-refractivity contribution in [3.8, 4) is 11.5 Å². The average molecular weight is 385 g/mol. The van der Waals surface area contributed by atoms with Crippen LogP contribution in [-0.4, -0.2) is 67.2 Å². The number of hydrogen-bond donors (Lipinski definition) is 1. The van der Waals surface area contributed by atoms with Crippen molar-refractivity contribution in [2.75, 3.05) is 56.7 Å². The lowest BCUT2D eigenvalue weighted by atomic mass is 10.3. The molecular formula is C20H27N5O3. The van der Waals surface area contributed by atoms with Gasteiger partial charge in [-0.1, -0.05) is 12.1 Å². The monoisotopic (exact) mass is 385 g/mol. The van der Waals surface area contributed by atoms with Crippen molar-refractivity contribution in [1.82, 2.24) is 14.9 Å². The Morgan fingerprint density at radius 1 is 1.14 bits per heavy atom. The molecule has 0 aliphatic carbocycles. The van der Waals surface area contributed by atoms with Crippen LogP contribution in [0.5, 0.6) is 11.5 Å². The number of hydrogen-bond acceptors (Lipinski definition) is 7. The van der Waals surface area contributed by atoms with Gasteiger partial charge in [0.25, 0.3) is 5.91 Å². The van der Waals surface area contributed by atoms with Crippen molar-refractivity contribution >= 4 is 17.7 Å². The fourth-order valence-electron chi connectivity index (χ4n) is 3.09. The minimum Gasteiger partial charge on any atom is -0.493 e. The maximum absolute atomic E-state index is 12.5. The Kier molecular flexibility index (Phi) is 6.52. The van der Waals surface area contributed by atoms with E-state index in [-0.39, 0.29) is 12.5 Å². The standard InChI is InChI=1S/C20H27N5O3/c1-4-21-18-13-15(2)22-20(23-18)25-11-9-24(10-12-25)19(26)14-28-17-8-6-5-7-16(17)27-3/h5-8,13H,4,9-12,14H2,1-3H3,(H,21,22,23). The van der Waals surface area contributed by atoms with Crippen LogP contribution >= 0.6 is 0 Å². The molecule has 0 spiro atoms. The van der Waals surface area contributed by atoms with E-state index in [2.05, 4.69) is 20.2 Å². The van der Waals surface area contributed by atoms with Gasteiger partial charge in [-0.25, -0.2) is 4.98 Å². The summed E-state index contributed by atoms with van der Waals surface area (Å²) in [6, 6.07) is 9.25. The van der Waals surface area contributed by atoms with Crippen molar-refractivity contribution in [3.63, 3.8) is 0 Å². The molecule has 0 saturated carbocycles. The number of nitrogens with one attached hydrogen (secondary N) is 1. The van der Waals surface area contributed by atoms with Gasteiger partial charge in [-0.15, -0.1) is 0 Å². The van der Waals surface area contributed by atoms with Gasteiger partial charge in [-0.2, -0.15) is 4.98 Å². The number of ether oxygens (including phenoxy) is 2. The Balaban J connectivity index is 1.54. The van der Waals surface area contributed by atoms with Gasteiger partial charge >= 0.3 is 0 Å². The number of aryl methyl sites for hydroxylation is 1. The Morgan fingerprint density at radius 3 is 2.54 bits per heavy atom. The van der Waals surface area contributed by atoms with Crippen molar-refractivity contribution in [3.05, 3.63) is 36.0 Å². The fraction of sp³-hybridized carbons (Fsp3) is 0.450. The molecule has 28 heavy (non-hydrogen) atoms. The zero-order valence-electron chi connectivity index (χ0n) is 16.6. The van der Waals surface area contributed by atoms with Crippen LogP contribution in [-0.2, 0) is 4.79 Å². The number of benzene rings is 1. The smallest absolute Gasteiger partial charge is 0.260 e. The van der Waals surface area contributed by atoms with Gasteiger partial charge in [0.2, 0.25) is 5.95 Å². The first-order valence-electron chi connectivity index (χ1n) is 9.48. The first kappa shape index (κ1) is 19.7. The van der Waals surface area contributed by atoms with Crippen molar-refractivity contribution in [2.45, 2.75) is 13.8 Å². The van der Waals surface area contributed by atoms with E-state index in [9.17, 15) is 4.79 Å². The molecule has 2 aromatic rings. The van der Waals surface area contributed by atoms with Crippen LogP contribution in [0.1, 0.15) is 12.6 Å². The molecule has 1 aromatic carbocycles. The van der Waals surface area contributed by atoms with Gasteiger partial charge in [-0.3, -0.25) is 4.79 Å². The molecule has 1 fully saturated rings. The largest absolute Gasteiger partial charge is 0.493 e. The van der Waals surface area contributed by atoms with E-state index in [0.29, 0.717) is 43.6 Å². The molecule has 1 amide bonds. The first-order chi connectivity index (χ1) is 13.6. The normalized spacial score (nSPS) is 14.0. The molecule has 1 saturated heterocycles. The van der Waals surface area contributed by atoms with Gasteiger partial charge in [0, 0.05) is 44.5 Å². The second-order valence-corrected chi connectivity index (χ2v) is 6.53. The molecule has 3 rings (SSSR count).